The van der Waals surface area contributed by atoms with E-state index in [-0.39, 0.29) is 5.91 Å². The van der Waals surface area contributed by atoms with Crippen molar-refractivity contribution in [2.75, 3.05) is 5.73 Å². The standard InChI is InChI=1S/C10H14N2O2S/c1-10(2,3)9(14)12-8(13)6-4-5-15-7(6)11/h4-5H,11H2,1-3H3,(H,12,13,14). The summed E-state index contributed by atoms with van der Waals surface area (Å²) >= 11 is 1.27. The molecule has 0 bridgehead atoms. The first-order valence-corrected chi connectivity index (χ1v) is 5.39. The summed E-state index contributed by atoms with van der Waals surface area (Å²) in [7, 11) is 0. The zero-order valence-electron chi connectivity index (χ0n) is 8.96. The highest BCUT2D eigenvalue weighted by atomic mass is 32.1. The number of imide groups is 1. The second kappa shape index (κ2) is 4.02. The molecule has 0 unspecified atom stereocenters. The lowest BCUT2D eigenvalue weighted by molar-refractivity contribution is -0.127. The van der Waals surface area contributed by atoms with E-state index in [1.807, 2.05) is 0 Å². The molecule has 0 atom stereocenters. The van der Waals surface area contributed by atoms with E-state index < -0.39 is 11.3 Å². The summed E-state index contributed by atoms with van der Waals surface area (Å²) in [5.41, 5.74) is 5.35. The van der Waals surface area contributed by atoms with Crippen LogP contribution in [0.5, 0.6) is 0 Å². The monoisotopic (exact) mass is 226 g/mol. The zero-order chi connectivity index (χ0) is 11.6. The maximum atomic E-state index is 11.6. The molecule has 0 aromatic carbocycles. The van der Waals surface area contributed by atoms with Crippen molar-refractivity contribution in [3.8, 4) is 0 Å². The van der Waals surface area contributed by atoms with Gasteiger partial charge in [-0.1, -0.05) is 20.8 Å². The lowest BCUT2D eigenvalue weighted by Crippen LogP contribution is -2.38. The van der Waals surface area contributed by atoms with Gasteiger partial charge in [0.05, 0.1) is 10.6 Å². The van der Waals surface area contributed by atoms with Gasteiger partial charge >= 0.3 is 0 Å². The Hall–Kier alpha value is -1.36. The molecule has 2 amide bonds. The van der Waals surface area contributed by atoms with Crippen LogP contribution in [-0.4, -0.2) is 11.8 Å². The number of nitrogens with one attached hydrogen (secondary N) is 1. The van der Waals surface area contributed by atoms with Crippen molar-refractivity contribution in [2.45, 2.75) is 20.8 Å². The third kappa shape index (κ3) is 2.79. The van der Waals surface area contributed by atoms with Gasteiger partial charge < -0.3 is 5.73 Å². The van der Waals surface area contributed by atoms with E-state index in [1.165, 1.54) is 11.3 Å². The Morgan fingerprint density at radius 2 is 2.00 bits per heavy atom. The fraction of sp³-hybridized carbons (Fsp3) is 0.400. The van der Waals surface area contributed by atoms with Crippen molar-refractivity contribution in [1.29, 1.82) is 0 Å². The average molecular weight is 226 g/mol. The van der Waals surface area contributed by atoms with Crippen molar-refractivity contribution in [3.63, 3.8) is 0 Å². The number of hydrogen-bond donors (Lipinski definition) is 2. The van der Waals surface area contributed by atoms with Gasteiger partial charge in [-0.25, -0.2) is 0 Å². The van der Waals surface area contributed by atoms with Crippen LogP contribution in [-0.2, 0) is 4.79 Å². The SMILES string of the molecule is CC(C)(C)C(=O)NC(=O)c1ccsc1N. The predicted molar refractivity (Wildman–Crippen MR) is 60.7 cm³/mol. The van der Waals surface area contributed by atoms with Crippen molar-refractivity contribution >= 4 is 28.2 Å². The summed E-state index contributed by atoms with van der Waals surface area (Å²) < 4.78 is 0. The van der Waals surface area contributed by atoms with E-state index in [1.54, 1.807) is 32.2 Å². The first-order chi connectivity index (χ1) is 6.82. The lowest BCUT2D eigenvalue weighted by atomic mass is 9.95. The molecule has 82 valence electrons. The van der Waals surface area contributed by atoms with Crippen LogP contribution >= 0.6 is 11.3 Å². The topological polar surface area (TPSA) is 72.2 Å². The second-order valence-electron chi connectivity index (χ2n) is 4.23. The molecule has 0 fully saturated rings. The molecule has 0 saturated heterocycles. The zero-order valence-corrected chi connectivity index (χ0v) is 9.77. The van der Waals surface area contributed by atoms with Gasteiger partial charge in [0.15, 0.2) is 0 Å². The molecular formula is C10H14N2O2S. The molecule has 0 radical (unpaired) electrons. The maximum absolute atomic E-state index is 11.6. The van der Waals surface area contributed by atoms with Gasteiger partial charge in [-0.3, -0.25) is 14.9 Å². The minimum Gasteiger partial charge on any atom is -0.390 e. The van der Waals surface area contributed by atoms with Gasteiger partial charge in [-0.15, -0.1) is 11.3 Å². The lowest BCUT2D eigenvalue weighted by Gasteiger charge is -2.16. The fourth-order valence-electron chi connectivity index (χ4n) is 0.867. The quantitative estimate of drug-likeness (QED) is 0.764. The Labute approximate surface area is 92.5 Å². The van der Waals surface area contributed by atoms with Crippen LogP contribution in [0.1, 0.15) is 31.1 Å². The third-order valence-electron chi connectivity index (χ3n) is 1.85. The fourth-order valence-corrected chi connectivity index (χ4v) is 1.50. The maximum Gasteiger partial charge on any atom is 0.260 e. The molecule has 0 aliphatic heterocycles. The van der Waals surface area contributed by atoms with Crippen molar-refractivity contribution < 1.29 is 9.59 Å². The van der Waals surface area contributed by atoms with Crippen LogP contribution in [0.2, 0.25) is 0 Å². The van der Waals surface area contributed by atoms with Crippen LogP contribution in [0, 0.1) is 5.41 Å². The molecule has 1 rings (SSSR count). The summed E-state index contributed by atoms with van der Waals surface area (Å²) in [6, 6.07) is 1.60. The molecule has 0 aliphatic carbocycles. The Morgan fingerprint density at radius 1 is 1.40 bits per heavy atom. The van der Waals surface area contributed by atoms with E-state index >= 15 is 0 Å². The van der Waals surface area contributed by atoms with Crippen LogP contribution in [0.3, 0.4) is 0 Å². The normalized spacial score (nSPS) is 11.1. The number of amides is 2. The number of rotatable bonds is 1. The molecule has 0 spiro atoms. The minimum atomic E-state index is -0.583. The Balaban J connectivity index is 2.74. The highest BCUT2D eigenvalue weighted by molar-refractivity contribution is 7.14. The predicted octanol–water partition coefficient (Wildman–Crippen LogP) is 1.63. The van der Waals surface area contributed by atoms with Gasteiger partial charge in [0.1, 0.15) is 0 Å². The Bertz CT molecular complexity index is 390. The molecule has 1 aromatic heterocycles. The summed E-state index contributed by atoms with van der Waals surface area (Å²) in [5.74, 6) is -0.744. The molecule has 5 heteroatoms. The number of carbonyl (C=O) groups is 2. The molecule has 4 nitrogen and oxygen atoms in total. The number of carbonyl (C=O) groups excluding carboxylic acids is 2. The van der Waals surface area contributed by atoms with E-state index in [2.05, 4.69) is 5.32 Å². The molecule has 1 heterocycles. The van der Waals surface area contributed by atoms with Gasteiger partial charge in [0.2, 0.25) is 5.91 Å². The molecule has 1 aromatic rings. The summed E-state index contributed by atoms with van der Waals surface area (Å²) in [6.07, 6.45) is 0. The molecule has 3 N–H and O–H groups in total. The van der Waals surface area contributed by atoms with Gasteiger partial charge in [0.25, 0.3) is 5.91 Å². The minimum absolute atomic E-state index is 0.307. The third-order valence-corrected chi connectivity index (χ3v) is 2.59. The number of nitrogen functional groups attached to an aromatic ring is 1. The molecule has 0 saturated carbocycles. The van der Waals surface area contributed by atoms with E-state index in [9.17, 15) is 9.59 Å². The summed E-state index contributed by atoms with van der Waals surface area (Å²) in [6.45, 7) is 5.23. The van der Waals surface area contributed by atoms with Crippen molar-refractivity contribution in [1.82, 2.24) is 5.32 Å². The molecule has 0 aliphatic rings. The summed E-state index contributed by atoms with van der Waals surface area (Å²) in [4.78, 5) is 23.1. The second-order valence-corrected chi connectivity index (χ2v) is 5.18. The van der Waals surface area contributed by atoms with Crippen LogP contribution < -0.4 is 11.1 Å². The van der Waals surface area contributed by atoms with Gasteiger partial charge in [0, 0.05) is 5.41 Å². The van der Waals surface area contributed by atoms with E-state index in [0.717, 1.165) is 0 Å². The van der Waals surface area contributed by atoms with Gasteiger partial charge in [-0.2, -0.15) is 0 Å². The van der Waals surface area contributed by atoms with Crippen LogP contribution in [0.25, 0.3) is 0 Å². The first kappa shape index (κ1) is 11.7. The average Bonchev–Trinajstić information content (AvgIpc) is 2.49. The highest BCUT2D eigenvalue weighted by Crippen LogP contribution is 2.19. The van der Waals surface area contributed by atoms with Crippen LogP contribution in [0.15, 0.2) is 11.4 Å². The van der Waals surface area contributed by atoms with E-state index in [4.69, 9.17) is 5.73 Å². The molecule has 15 heavy (non-hydrogen) atoms. The highest BCUT2D eigenvalue weighted by Gasteiger charge is 2.24. The Morgan fingerprint density at radius 3 is 2.40 bits per heavy atom. The largest absolute Gasteiger partial charge is 0.390 e. The number of anilines is 1. The smallest absolute Gasteiger partial charge is 0.260 e. The van der Waals surface area contributed by atoms with Crippen LogP contribution in [0.4, 0.5) is 5.00 Å². The molecular weight excluding hydrogens is 212 g/mol. The number of thiophene rings is 1. The van der Waals surface area contributed by atoms with Gasteiger partial charge in [-0.05, 0) is 11.4 Å². The Kier molecular flexibility index (Phi) is 3.14. The van der Waals surface area contributed by atoms with Crippen molar-refractivity contribution in [2.24, 2.45) is 5.41 Å². The first-order valence-electron chi connectivity index (χ1n) is 4.51. The summed E-state index contributed by atoms with van der Waals surface area (Å²) in [5, 5.41) is 4.45. The number of hydrogen-bond acceptors (Lipinski definition) is 4. The van der Waals surface area contributed by atoms with Crippen molar-refractivity contribution in [3.05, 3.63) is 17.0 Å². The van der Waals surface area contributed by atoms with E-state index in [0.29, 0.717) is 10.6 Å². The number of nitrogens with two attached hydrogens (primary N) is 1.